The van der Waals surface area contributed by atoms with Crippen LogP contribution < -0.4 is 4.72 Å². The molecule has 3 N–H and O–H groups in total. The molecule has 160 valence electrons. The molecular formula is C20H18FN5O3S2. The molecule has 1 aromatic heterocycles. The molecule has 0 saturated carbocycles. The topological polar surface area (TPSA) is 121 Å². The van der Waals surface area contributed by atoms with Crippen LogP contribution in [0, 0.1) is 5.82 Å². The summed E-state index contributed by atoms with van der Waals surface area (Å²) in [6.07, 6.45) is 0.369. The fourth-order valence-electron chi connectivity index (χ4n) is 3.11. The predicted molar refractivity (Wildman–Crippen MR) is 116 cm³/mol. The second-order valence-corrected chi connectivity index (χ2v) is 9.35. The highest BCUT2D eigenvalue weighted by Gasteiger charge is 2.20. The summed E-state index contributed by atoms with van der Waals surface area (Å²) >= 11 is 1.24. The number of anilines is 1. The van der Waals surface area contributed by atoms with Crippen molar-refractivity contribution in [2.45, 2.75) is 28.9 Å². The first-order chi connectivity index (χ1) is 14.9. The molecule has 4 rings (SSSR count). The van der Waals surface area contributed by atoms with Gasteiger partial charge in [0, 0.05) is 10.8 Å². The fourth-order valence-corrected chi connectivity index (χ4v) is 5.08. The van der Waals surface area contributed by atoms with Gasteiger partial charge in [-0.25, -0.2) is 12.8 Å². The van der Waals surface area contributed by atoms with Gasteiger partial charge in [-0.15, -0.1) is 22.0 Å². The van der Waals surface area contributed by atoms with E-state index in [9.17, 15) is 17.9 Å². The van der Waals surface area contributed by atoms with Gasteiger partial charge in [0.05, 0.1) is 21.2 Å². The highest BCUT2D eigenvalue weighted by atomic mass is 32.2. The molecule has 0 fully saturated rings. The lowest BCUT2D eigenvalue weighted by Gasteiger charge is -2.15. The Kier molecular flexibility index (Phi) is 5.79. The van der Waals surface area contributed by atoms with Crippen molar-refractivity contribution in [3.63, 3.8) is 0 Å². The average molecular weight is 460 g/mol. The first-order valence-electron chi connectivity index (χ1n) is 9.30. The number of nitrogens with one attached hydrogen (secondary N) is 2. The lowest BCUT2D eigenvalue weighted by atomic mass is 10.1. The third kappa shape index (κ3) is 4.32. The molecule has 0 unspecified atom stereocenters. The van der Waals surface area contributed by atoms with E-state index in [1.165, 1.54) is 23.9 Å². The van der Waals surface area contributed by atoms with Crippen LogP contribution in [0.3, 0.4) is 0 Å². The Balaban J connectivity index is 1.74. The van der Waals surface area contributed by atoms with Crippen molar-refractivity contribution in [3.8, 4) is 5.75 Å². The second-order valence-electron chi connectivity index (χ2n) is 6.65. The Morgan fingerprint density at radius 3 is 2.65 bits per heavy atom. The van der Waals surface area contributed by atoms with E-state index in [0.29, 0.717) is 44.9 Å². The number of thioether (sulfide) groups is 1. The molecule has 31 heavy (non-hydrogen) atoms. The minimum Gasteiger partial charge on any atom is -0.506 e. The number of phenols is 1. The molecule has 4 aromatic rings. The van der Waals surface area contributed by atoms with Crippen molar-refractivity contribution < 1.29 is 17.9 Å². The van der Waals surface area contributed by atoms with Crippen LogP contribution in [0.5, 0.6) is 5.75 Å². The molecule has 0 aliphatic rings. The van der Waals surface area contributed by atoms with Crippen LogP contribution in [0.25, 0.3) is 10.8 Å². The maximum absolute atomic E-state index is 13.8. The van der Waals surface area contributed by atoms with Crippen LogP contribution in [0.15, 0.2) is 58.3 Å². The van der Waals surface area contributed by atoms with Crippen LogP contribution in [0.2, 0.25) is 0 Å². The number of H-pyrrole nitrogens is 1. The van der Waals surface area contributed by atoms with Gasteiger partial charge in [-0.2, -0.15) is 5.21 Å². The van der Waals surface area contributed by atoms with Gasteiger partial charge in [0.2, 0.25) is 0 Å². The monoisotopic (exact) mass is 459 g/mol. The van der Waals surface area contributed by atoms with E-state index in [2.05, 4.69) is 25.3 Å². The van der Waals surface area contributed by atoms with Crippen LogP contribution in [0.1, 0.15) is 18.3 Å². The fraction of sp³-hybridized carbons (Fsp3) is 0.150. The summed E-state index contributed by atoms with van der Waals surface area (Å²) in [5.41, 5.74) is 0.612. The maximum atomic E-state index is 13.8. The molecule has 0 aliphatic carbocycles. The van der Waals surface area contributed by atoms with E-state index in [0.717, 1.165) is 6.07 Å². The van der Waals surface area contributed by atoms with E-state index >= 15 is 0 Å². The number of phenolic OH excluding ortho intramolecular Hbond substituents is 1. The van der Waals surface area contributed by atoms with E-state index < -0.39 is 15.8 Å². The Morgan fingerprint density at radius 2 is 1.94 bits per heavy atom. The standard InChI is InChI=1S/C20H18FN5O3S2/c1-2-12-9-13(7-8-16(12)21)31(28,29)24-17-10-18(30-11-19-22-25-26-23-19)20(27)15-6-4-3-5-14(15)17/h3-10,24,27H,2,11H2,1H3,(H,22,23,25,26). The Bertz CT molecular complexity index is 1340. The normalized spacial score (nSPS) is 11.7. The SMILES string of the molecule is CCc1cc(S(=O)(=O)Nc2cc(SCc3nn[nH]n3)c(O)c3ccccc23)ccc1F. The summed E-state index contributed by atoms with van der Waals surface area (Å²) in [5.74, 6) is 0.351. The zero-order chi connectivity index (χ0) is 22.0. The number of hydrogen-bond donors (Lipinski definition) is 3. The lowest BCUT2D eigenvalue weighted by molar-refractivity contribution is 0.469. The Hall–Kier alpha value is -3.18. The first kappa shape index (κ1) is 21.1. The first-order valence-corrected chi connectivity index (χ1v) is 11.8. The van der Waals surface area contributed by atoms with Crippen molar-refractivity contribution in [2.75, 3.05) is 4.72 Å². The smallest absolute Gasteiger partial charge is 0.261 e. The largest absolute Gasteiger partial charge is 0.506 e. The van der Waals surface area contributed by atoms with Gasteiger partial charge in [0.25, 0.3) is 10.0 Å². The molecule has 0 atom stereocenters. The maximum Gasteiger partial charge on any atom is 0.261 e. The number of benzene rings is 3. The van der Waals surface area contributed by atoms with E-state index in [-0.39, 0.29) is 10.6 Å². The van der Waals surface area contributed by atoms with Gasteiger partial charge in [0.1, 0.15) is 11.6 Å². The molecule has 1 heterocycles. The number of aromatic amines is 1. The summed E-state index contributed by atoms with van der Waals surface area (Å²) in [6.45, 7) is 1.75. The summed E-state index contributed by atoms with van der Waals surface area (Å²) in [6, 6.07) is 12.2. The molecule has 0 radical (unpaired) electrons. The zero-order valence-corrected chi connectivity index (χ0v) is 18.0. The van der Waals surface area contributed by atoms with Gasteiger partial charge in [-0.3, -0.25) is 4.72 Å². The number of halogens is 1. The van der Waals surface area contributed by atoms with Gasteiger partial charge >= 0.3 is 0 Å². The van der Waals surface area contributed by atoms with Gasteiger partial charge in [0.15, 0.2) is 5.82 Å². The molecule has 3 aromatic carbocycles. The number of nitrogens with zero attached hydrogens (tertiary/aromatic N) is 3. The third-order valence-electron chi connectivity index (χ3n) is 4.68. The van der Waals surface area contributed by atoms with Crippen molar-refractivity contribution in [3.05, 3.63) is 65.7 Å². The Morgan fingerprint density at radius 1 is 1.16 bits per heavy atom. The molecule has 0 bridgehead atoms. The predicted octanol–water partition coefficient (Wildman–Crippen LogP) is 3.85. The van der Waals surface area contributed by atoms with Crippen LogP contribution >= 0.6 is 11.8 Å². The highest BCUT2D eigenvalue weighted by molar-refractivity contribution is 7.98. The van der Waals surface area contributed by atoms with Crippen LogP contribution in [-0.4, -0.2) is 34.1 Å². The Labute approximate surface area is 181 Å². The number of rotatable bonds is 7. The van der Waals surface area contributed by atoms with Gasteiger partial charge < -0.3 is 5.11 Å². The molecule has 8 nitrogen and oxygen atoms in total. The van der Waals surface area contributed by atoms with E-state index in [1.807, 2.05) is 0 Å². The van der Waals surface area contributed by atoms with Crippen LogP contribution in [0.4, 0.5) is 10.1 Å². The summed E-state index contributed by atoms with van der Waals surface area (Å²) < 4.78 is 42.5. The number of aromatic nitrogens is 4. The van der Waals surface area contributed by atoms with Crippen LogP contribution in [-0.2, 0) is 22.2 Å². The minimum atomic E-state index is -3.99. The van der Waals surface area contributed by atoms with Crippen molar-refractivity contribution in [2.24, 2.45) is 0 Å². The number of hydrogen-bond acceptors (Lipinski definition) is 7. The average Bonchev–Trinajstić information content (AvgIpc) is 3.28. The zero-order valence-electron chi connectivity index (χ0n) is 16.3. The number of aromatic hydroxyl groups is 1. The molecule has 0 amide bonds. The molecule has 0 saturated heterocycles. The summed E-state index contributed by atoms with van der Waals surface area (Å²) in [7, 11) is -3.99. The number of tetrazole rings is 1. The lowest BCUT2D eigenvalue weighted by Crippen LogP contribution is -2.14. The van der Waals surface area contributed by atoms with E-state index in [1.54, 1.807) is 37.3 Å². The van der Waals surface area contributed by atoms with Gasteiger partial charge in [-0.1, -0.05) is 36.4 Å². The molecular weight excluding hydrogens is 441 g/mol. The molecule has 11 heteroatoms. The summed E-state index contributed by atoms with van der Waals surface area (Å²) in [5, 5.41) is 25.3. The third-order valence-corrected chi connectivity index (χ3v) is 7.07. The number of sulfonamides is 1. The number of fused-ring (bicyclic) bond motifs is 1. The van der Waals surface area contributed by atoms with Crippen molar-refractivity contribution >= 4 is 38.2 Å². The highest BCUT2D eigenvalue weighted by Crippen LogP contribution is 2.41. The molecule has 0 aliphatic heterocycles. The van der Waals surface area contributed by atoms with E-state index in [4.69, 9.17) is 0 Å². The summed E-state index contributed by atoms with van der Waals surface area (Å²) in [4.78, 5) is 0.415. The molecule has 0 spiro atoms. The quantitative estimate of drug-likeness (QED) is 0.283. The number of aryl methyl sites for hydroxylation is 1. The minimum absolute atomic E-state index is 0.0297. The van der Waals surface area contributed by atoms with Gasteiger partial charge in [-0.05, 0) is 36.2 Å². The van der Waals surface area contributed by atoms with Crippen molar-refractivity contribution in [1.82, 2.24) is 20.6 Å². The second kappa shape index (κ2) is 8.52. The van der Waals surface area contributed by atoms with Crippen molar-refractivity contribution in [1.29, 1.82) is 0 Å².